The highest BCUT2D eigenvalue weighted by Gasteiger charge is 2.28. The zero-order chi connectivity index (χ0) is 15.5. The average Bonchev–Trinajstić information content (AvgIpc) is 3.04. The fraction of sp³-hybridized carbons (Fsp3) is 0.467. The molecule has 3 rings (SSSR count). The number of aromatic nitrogens is 4. The van der Waals surface area contributed by atoms with Crippen molar-refractivity contribution in [1.29, 1.82) is 0 Å². The molecular weight excluding hydrogens is 280 g/mol. The molecule has 1 atom stereocenters. The molecule has 1 aliphatic rings. The third-order valence-corrected chi connectivity index (χ3v) is 4.05. The Hall–Kier alpha value is -2.44. The Morgan fingerprint density at radius 1 is 1.32 bits per heavy atom. The molecule has 1 saturated heterocycles. The van der Waals surface area contributed by atoms with Crippen LogP contribution in [0.4, 0.5) is 5.95 Å². The number of anilines is 1. The number of carbonyl (C=O) groups excluding carboxylic acids is 1. The predicted octanol–water partition coefficient (Wildman–Crippen LogP) is 0.933. The van der Waals surface area contributed by atoms with E-state index >= 15 is 0 Å². The summed E-state index contributed by atoms with van der Waals surface area (Å²) in [7, 11) is 1.68. The Balaban J connectivity index is 1.85. The molecule has 1 aliphatic heterocycles. The van der Waals surface area contributed by atoms with Crippen molar-refractivity contribution in [2.75, 3.05) is 25.0 Å². The molecule has 1 aromatic carbocycles. The lowest BCUT2D eigenvalue weighted by Crippen LogP contribution is -2.43. The second kappa shape index (κ2) is 6.13. The SMILES string of the molecule is CNC(=O)C1CCCN(c2nnnn2-c2ccc(C)cc2)C1. The summed E-state index contributed by atoms with van der Waals surface area (Å²) in [5.41, 5.74) is 2.11. The van der Waals surface area contributed by atoms with E-state index in [2.05, 4.69) is 25.7 Å². The zero-order valence-corrected chi connectivity index (χ0v) is 12.9. The lowest BCUT2D eigenvalue weighted by Gasteiger charge is -2.31. The Bertz CT molecular complexity index is 650. The minimum atomic E-state index is -0.0121. The molecule has 2 aromatic rings. The number of amides is 1. The number of carbonyl (C=O) groups is 1. The smallest absolute Gasteiger partial charge is 0.250 e. The molecule has 0 aliphatic carbocycles. The van der Waals surface area contributed by atoms with Gasteiger partial charge in [-0.3, -0.25) is 4.79 Å². The largest absolute Gasteiger partial charge is 0.359 e. The number of nitrogens with zero attached hydrogens (tertiary/aromatic N) is 5. The van der Waals surface area contributed by atoms with Crippen molar-refractivity contribution in [2.45, 2.75) is 19.8 Å². The van der Waals surface area contributed by atoms with Gasteiger partial charge in [0.05, 0.1) is 11.6 Å². The van der Waals surface area contributed by atoms with Crippen molar-refractivity contribution in [3.63, 3.8) is 0 Å². The van der Waals surface area contributed by atoms with Crippen LogP contribution in [0, 0.1) is 12.8 Å². The summed E-state index contributed by atoms with van der Waals surface area (Å²) in [5, 5.41) is 14.8. The van der Waals surface area contributed by atoms with Crippen LogP contribution in [0.15, 0.2) is 24.3 Å². The van der Waals surface area contributed by atoms with Crippen LogP contribution >= 0.6 is 0 Å². The van der Waals surface area contributed by atoms with Crippen LogP contribution in [0.5, 0.6) is 0 Å². The standard InChI is InChI=1S/C15H20N6O/c1-11-5-7-13(8-6-11)21-15(17-18-19-21)20-9-3-4-12(10-20)14(22)16-2/h5-8,12H,3-4,9-10H2,1-2H3,(H,16,22). The molecule has 1 aromatic heterocycles. The molecule has 116 valence electrons. The van der Waals surface area contributed by atoms with E-state index in [0.717, 1.165) is 25.1 Å². The molecule has 7 nitrogen and oxygen atoms in total. The molecule has 22 heavy (non-hydrogen) atoms. The number of aryl methyl sites for hydroxylation is 1. The molecule has 0 bridgehead atoms. The van der Waals surface area contributed by atoms with E-state index in [-0.39, 0.29) is 11.8 Å². The highest BCUT2D eigenvalue weighted by molar-refractivity contribution is 5.79. The molecular formula is C15H20N6O. The summed E-state index contributed by atoms with van der Waals surface area (Å²) in [6.07, 6.45) is 1.86. The van der Waals surface area contributed by atoms with Gasteiger partial charge in [0.2, 0.25) is 11.9 Å². The summed E-state index contributed by atoms with van der Waals surface area (Å²) in [6, 6.07) is 8.05. The first-order valence-corrected chi connectivity index (χ1v) is 7.51. The summed E-state index contributed by atoms with van der Waals surface area (Å²) in [6.45, 7) is 3.55. The predicted molar refractivity (Wildman–Crippen MR) is 82.9 cm³/mol. The fourth-order valence-corrected chi connectivity index (χ4v) is 2.81. The van der Waals surface area contributed by atoms with E-state index in [1.54, 1.807) is 11.7 Å². The summed E-state index contributed by atoms with van der Waals surface area (Å²) < 4.78 is 1.73. The number of benzene rings is 1. The van der Waals surface area contributed by atoms with Crippen molar-refractivity contribution >= 4 is 11.9 Å². The van der Waals surface area contributed by atoms with Crippen LogP contribution in [0.1, 0.15) is 18.4 Å². The molecule has 0 saturated carbocycles. The van der Waals surface area contributed by atoms with E-state index in [1.807, 2.05) is 31.2 Å². The van der Waals surface area contributed by atoms with Crippen molar-refractivity contribution in [3.8, 4) is 5.69 Å². The van der Waals surface area contributed by atoms with Crippen molar-refractivity contribution in [1.82, 2.24) is 25.5 Å². The quantitative estimate of drug-likeness (QED) is 0.912. The van der Waals surface area contributed by atoms with Gasteiger partial charge in [0.15, 0.2) is 0 Å². The maximum Gasteiger partial charge on any atom is 0.250 e. The molecule has 7 heteroatoms. The minimum absolute atomic E-state index is 0.0121. The molecule has 0 radical (unpaired) electrons. The maximum atomic E-state index is 11.9. The molecule has 0 spiro atoms. The van der Waals surface area contributed by atoms with E-state index < -0.39 is 0 Å². The first-order valence-electron chi connectivity index (χ1n) is 7.51. The first-order chi connectivity index (χ1) is 10.7. The Kier molecular flexibility index (Phi) is 4.04. The topological polar surface area (TPSA) is 75.9 Å². The lowest BCUT2D eigenvalue weighted by molar-refractivity contribution is -0.124. The van der Waals surface area contributed by atoms with Crippen LogP contribution in [0.2, 0.25) is 0 Å². The van der Waals surface area contributed by atoms with E-state index in [1.165, 1.54) is 5.56 Å². The van der Waals surface area contributed by atoms with Gasteiger partial charge in [-0.05, 0) is 42.3 Å². The normalized spacial score (nSPS) is 18.3. The van der Waals surface area contributed by atoms with Gasteiger partial charge in [0.1, 0.15) is 0 Å². The number of rotatable bonds is 3. The highest BCUT2D eigenvalue weighted by atomic mass is 16.1. The van der Waals surface area contributed by atoms with Crippen LogP contribution in [0.3, 0.4) is 0 Å². The van der Waals surface area contributed by atoms with Gasteiger partial charge < -0.3 is 10.2 Å². The highest BCUT2D eigenvalue weighted by Crippen LogP contribution is 2.23. The average molecular weight is 300 g/mol. The lowest BCUT2D eigenvalue weighted by atomic mass is 9.97. The first kappa shape index (κ1) is 14.5. The van der Waals surface area contributed by atoms with Gasteiger partial charge in [-0.25, -0.2) is 0 Å². The number of hydrogen-bond acceptors (Lipinski definition) is 5. The summed E-state index contributed by atoms with van der Waals surface area (Å²) in [4.78, 5) is 14.0. The molecule has 1 amide bonds. The number of nitrogens with one attached hydrogen (secondary N) is 1. The van der Waals surface area contributed by atoms with Crippen molar-refractivity contribution in [2.24, 2.45) is 5.92 Å². The number of piperidine rings is 1. The van der Waals surface area contributed by atoms with Crippen LogP contribution in [-0.2, 0) is 4.79 Å². The minimum Gasteiger partial charge on any atom is -0.359 e. The van der Waals surface area contributed by atoms with Gasteiger partial charge >= 0.3 is 0 Å². The van der Waals surface area contributed by atoms with Crippen molar-refractivity contribution in [3.05, 3.63) is 29.8 Å². The summed E-state index contributed by atoms with van der Waals surface area (Å²) >= 11 is 0. The second-order valence-electron chi connectivity index (χ2n) is 5.63. The monoisotopic (exact) mass is 300 g/mol. The Morgan fingerprint density at radius 3 is 2.82 bits per heavy atom. The van der Waals surface area contributed by atoms with Crippen LogP contribution < -0.4 is 10.2 Å². The zero-order valence-electron chi connectivity index (χ0n) is 12.9. The molecule has 1 fully saturated rings. The molecule has 1 N–H and O–H groups in total. The Morgan fingerprint density at radius 2 is 2.09 bits per heavy atom. The van der Waals surface area contributed by atoms with E-state index in [9.17, 15) is 4.79 Å². The van der Waals surface area contributed by atoms with Crippen LogP contribution in [-0.4, -0.2) is 46.3 Å². The molecule has 1 unspecified atom stereocenters. The number of tetrazole rings is 1. The van der Waals surface area contributed by atoms with Gasteiger partial charge in [-0.15, -0.1) is 0 Å². The van der Waals surface area contributed by atoms with Gasteiger partial charge in [-0.1, -0.05) is 22.8 Å². The second-order valence-corrected chi connectivity index (χ2v) is 5.63. The third kappa shape index (κ3) is 2.79. The fourth-order valence-electron chi connectivity index (χ4n) is 2.81. The maximum absolute atomic E-state index is 11.9. The van der Waals surface area contributed by atoms with E-state index in [4.69, 9.17) is 0 Å². The van der Waals surface area contributed by atoms with E-state index in [0.29, 0.717) is 12.5 Å². The molecule has 2 heterocycles. The van der Waals surface area contributed by atoms with Crippen LogP contribution in [0.25, 0.3) is 5.69 Å². The Labute approximate surface area is 129 Å². The van der Waals surface area contributed by atoms with Gasteiger partial charge in [-0.2, -0.15) is 4.68 Å². The van der Waals surface area contributed by atoms with Crippen molar-refractivity contribution < 1.29 is 4.79 Å². The number of hydrogen-bond donors (Lipinski definition) is 1. The van der Waals surface area contributed by atoms with Gasteiger partial charge in [0, 0.05) is 20.1 Å². The van der Waals surface area contributed by atoms with Gasteiger partial charge in [0.25, 0.3) is 0 Å². The summed E-state index contributed by atoms with van der Waals surface area (Å²) in [5.74, 6) is 0.762. The third-order valence-electron chi connectivity index (χ3n) is 4.05.